The van der Waals surface area contributed by atoms with Gasteiger partial charge in [-0.2, -0.15) is 0 Å². The Bertz CT molecular complexity index is 1160. The Morgan fingerprint density at radius 2 is 1.63 bits per heavy atom. The van der Waals surface area contributed by atoms with E-state index in [1.165, 1.54) is 12.1 Å². The topological polar surface area (TPSA) is 40.9 Å². The summed E-state index contributed by atoms with van der Waals surface area (Å²) in [6.45, 7) is 4.67. The van der Waals surface area contributed by atoms with Crippen LogP contribution in [0.2, 0.25) is 5.02 Å². The van der Waals surface area contributed by atoms with Crippen molar-refractivity contribution in [1.29, 1.82) is 0 Å². The third-order valence-electron chi connectivity index (χ3n) is 5.19. The van der Waals surface area contributed by atoms with E-state index in [9.17, 15) is 8.94 Å². The average Bonchev–Trinajstić information content (AvgIpc) is 2.96. The van der Waals surface area contributed by atoms with Gasteiger partial charge < -0.3 is 9.12 Å². The van der Waals surface area contributed by atoms with Crippen LogP contribution in [0.4, 0.5) is 4.39 Å². The zero-order valence-corrected chi connectivity index (χ0v) is 19.0. The van der Waals surface area contributed by atoms with Gasteiger partial charge in [0.05, 0.1) is 0 Å². The number of halogens is 3. The van der Waals surface area contributed by atoms with Crippen LogP contribution < -0.4 is 0 Å². The maximum absolute atomic E-state index is 13.3. The van der Waals surface area contributed by atoms with Crippen LogP contribution in [0.15, 0.2) is 65.8 Å². The molecule has 1 atom stereocenters. The lowest BCUT2D eigenvalue weighted by Crippen LogP contribution is -2.11. The molecule has 2 heterocycles. The molecule has 2 aromatic carbocycles. The summed E-state index contributed by atoms with van der Waals surface area (Å²) in [7, 11) is 0. The number of hydrogen-bond acceptors (Lipinski definition) is 2. The van der Waals surface area contributed by atoms with Gasteiger partial charge in [0.25, 0.3) is 5.03 Å². The van der Waals surface area contributed by atoms with Gasteiger partial charge in [-0.05, 0) is 55.3 Å². The van der Waals surface area contributed by atoms with E-state index < -0.39 is 11.2 Å². The molecule has 0 fully saturated rings. The fourth-order valence-corrected chi connectivity index (χ4v) is 4.87. The molecule has 4 rings (SSSR count). The minimum Gasteiger partial charge on any atom is -0.610 e. The molecule has 7 heteroatoms. The molecule has 0 bridgehead atoms. The molecular weight excluding hydrogens is 442 g/mol. The predicted octanol–water partition coefficient (Wildman–Crippen LogP) is 6.22. The van der Waals surface area contributed by atoms with Crippen molar-refractivity contribution in [3.05, 3.63) is 94.0 Å². The third-order valence-corrected chi connectivity index (χ3v) is 6.77. The molecule has 3 nitrogen and oxygen atoms in total. The second-order valence-corrected chi connectivity index (χ2v) is 8.85. The van der Waals surface area contributed by atoms with E-state index in [1.54, 1.807) is 30.5 Å². The molecule has 0 saturated carbocycles. The van der Waals surface area contributed by atoms with Gasteiger partial charge in [0, 0.05) is 45.6 Å². The zero-order valence-electron chi connectivity index (χ0n) is 16.6. The SMILES string of the molecule is Cc1c(C)n(Cc2ccc(F)cc2)c2c([S+]([O-])Cc3ccc(Cl)cc3)nccc12.Cl. The van der Waals surface area contributed by atoms with Crippen molar-refractivity contribution < 1.29 is 8.94 Å². The molecule has 4 aromatic rings. The van der Waals surface area contributed by atoms with Gasteiger partial charge in [-0.3, -0.25) is 0 Å². The molecule has 30 heavy (non-hydrogen) atoms. The molecule has 0 aliphatic heterocycles. The lowest BCUT2D eigenvalue weighted by Gasteiger charge is -2.14. The lowest BCUT2D eigenvalue weighted by atomic mass is 10.2. The van der Waals surface area contributed by atoms with Gasteiger partial charge in [0.1, 0.15) is 17.1 Å². The van der Waals surface area contributed by atoms with E-state index in [0.717, 1.165) is 33.3 Å². The van der Waals surface area contributed by atoms with E-state index in [2.05, 4.69) is 16.5 Å². The summed E-state index contributed by atoms with van der Waals surface area (Å²) in [6, 6.07) is 15.8. The van der Waals surface area contributed by atoms with E-state index in [0.29, 0.717) is 22.3 Å². The highest BCUT2D eigenvalue weighted by atomic mass is 35.5. The van der Waals surface area contributed by atoms with E-state index in [-0.39, 0.29) is 18.2 Å². The number of pyridine rings is 1. The summed E-state index contributed by atoms with van der Waals surface area (Å²) in [5, 5.41) is 2.26. The van der Waals surface area contributed by atoms with Crippen LogP contribution in [-0.4, -0.2) is 14.1 Å². The Hall–Kier alpha value is -2.05. The number of aromatic nitrogens is 2. The first-order valence-corrected chi connectivity index (χ1v) is 11.0. The van der Waals surface area contributed by atoms with E-state index in [1.807, 2.05) is 25.1 Å². The maximum atomic E-state index is 13.3. The van der Waals surface area contributed by atoms with Crippen molar-refractivity contribution in [1.82, 2.24) is 9.55 Å². The van der Waals surface area contributed by atoms with Crippen LogP contribution in [0.25, 0.3) is 10.9 Å². The van der Waals surface area contributed by atoms with Crippen LogP contribution in [0.3, 0.4) is 0 Å². The largest absolute Gasteiger partial charge is 0.610 e. The minimum absolute atomic E-state index is 0. The number of fused-ring (bicyclic) bond motifs is 1. The van der Waals surface area contributed by atoms with Crippen LogP contribution in [0, 0.1) is 19.7 Å². The predicted molar refractivity (Wildman–Crippen MR) is 124 cm³/mol. The van der Waals surface area contributed by atoms with Gasteiger partial charge in [-0.15, -0.1) is 12.4 Å². The first-order valence-electron chi connectivity index (χ1n) is 9.25. The number of benzene rings is 2. The normalized spacial score (nSPS) is 12.0. The quantitative estimate of drug-likeness (QED) is 0.330. The van der Waals surface area contributed by atoms with Crippen molar-refractivity contribution in [2.45, 2.75) is 31.2 Å². The molecule has 0 aliphatic carbocycles. The summed E-state index contributed by atoms with van der Waals surface area (Å²) in [6.07, 6.45) is 1.71. The molecule has 0 amide bonds. The van der Waals surface area contributed by atoms with Crippen LogP contribution in [0.1, 0.15) is 22.4 Å². The lowest BCUT2D eigenvalue weighted by molar-refractivity contribution is 0.590. The third kappa shape index (κ3) is 4.49. The monoisotopic (exact) mass is 462 g/mol. The number of hydrogen-bond donors (Lipinski definition) is 0. The van der Waals surface area contributed by atoms with Gasteiger partial charge in [-0.25, -0.2) is 9.37 Å². The molecule has 0 spiro atoms. The molecule has 0 saturated heterocycles. The Morgan fingerprint density at radius 1 is 1.00 bits per heavy atom. The van der Waals surface area contributed by atoms with Crippen molar-refractivity contribution >= 4 is 46.1 Å². The van der Waals surface area contributed by atoms with E-state index >= 15 is 0 Å². The van der Waals surface area contributed by atoms with Gasteiger partial charge in [0.2, 0.25) is 0 Å². The molecule has 0 N–H and O–H groups in total. The highest BCUT2D eigenvalue weighted by Gasteiger charge is 2.23. The van der Waals surface area contributed by atoms with E-state index in [4.69, 9.17) is 11.6 Å². The fourth-order valence-electron chi connectivity index (χ4n) is 3.50. The Balaban J connectivity index is 0.00000256. The summed E-state index contributed by atoms with van der Waals surface area (Å²) < 4.78 is 28.7. The minimum atomic E-state index is -1.32. The smallest absolute Gasteiger partial charge is 0.269 e. The standard InChI is InChI=1S/C23H20ClFN2OS.ClH/c1-15-16(2)27(13-17-5-9-20(25)10-6-17)22-21(15)11-12-26-23(22)29(28)14-18-3-7-19(24)8-4-18;/h3-12H,13-14H2,1-2H3;1H. The molecule has 0 radical (unpaired) electrons. The first kappa shape index (κ1) is 22.6. The number of nitrogens with zero attached hydrogens (tertiary/aromatic N) is 2. The van der Waals surface area contributed by atoms with Crippen molar-refractivity contribution in [3.8, 4) is 0 Å². The number of aryl methyl sites for hydroxylation is 1. The highest BCUT2D eigenvalue weighted by Crippen LogP contribution is 2.31. The van der Waals surface area contributed by atoms with Gasteiger partial charge >= 0.3 is 0 Å². The second kappa shape index (κ2) is 9.40. The molecule has 0 aliphatic rings. The average molecular weight is 463 g/mol. The highest BCUT2D eigenvalue weighted by molar-refractivity contribution is 7.90. The Morgan fingerprint density at radius 3 is 2.30 bits per heavy atom. The van der Waals surface area contributed by atoms with Crippen molar-refractivity contribution in [3.63, 3.8) is 0 Å². The summed E-state index contributed by atoms with van der Waals surface area (Å²) in [5.41, 5.74) is 5.01. The summed E-state index contributed by atoms with van der Waals surface area (Å²) in [4.78, 5) is 4.48. The van der Waals surface area contributed by atoms with Crippen LogP contribution in [-0.2, 0) is 23.5 Å². The van der Waals surface area contributed by atoms with Crippen molar-refractivity contribution in [2.24, 2.45) is 0 Å². The van der Waals surface area contributed by atoms with Crippen molar-refractivity contribution in [2.75, 3.05) is 0 Å². The maximum Gasteiger partial charge on any atom is 0.269 e. The second-order valence-electron chi connectivity index (χ2n) is 7.05. The molecule has 156 valence electrons. The fraction of sp³-hybridized carbons (Fsp3) is 0.174. The number of rotatable bonds is 5. The van der Waals surface area contributed by atoms with Crippen LogP contribution >= 0.6 is 24.0 Å². The van der Waals surface area contributed by atoms with Crippen LogP contribution in [0.5, 0.6) is 0 Å². The van der Waals surface area contributed by atoms with Gasteiger partial charge in [-0.1, -0.05) is 35.9 Å². The van der Waals surface area contributed by atoms with Gasteiger partial charge in [0.15, 0.2) is 0 Å². The first-order chi connectivity index (χ1) is 13.9. The Labute approximate surface area is 189 Å². The summed E-state index contributed by atoms with van der Waals surface area (Å²) >= 11 is 4.64. The summed E-state index contributed by atoms with van der Waals surface area (Å²) in [5.74, 6) is 0.105. The molecular formula is C23H21Cl2FN2OS. The molecule has 1 unspecified atom stereocenters. The molecule has 2 aromatic heterocycles. The Kier molecular flexibility index (Phi) is 7.09. The zero-order chi connectivity index (χ0) is 20.5.